The molecule has 0 saturated carbocycles. The van der Waals surface area contributed by atoms with Crippen LogP contribution in [0.4, 0.5) is 0 Å². The van der Waals surface area contributed by atoms with Crippen LogP contribution in [0.5, 0.6) is 0 Å². The van der Waals surface area contributed by atoms with E-state index in [4.69, 9.17) is 22.1 Å². The van der Waals surface area contributed by atoms with E-state index in [-0.39, 0.29) is 23.0 Å². The molecule has 0 aromatic rings. The molecular weight excluding hydrogens is 746 g/mol. The zero-order chi connectivity index (χ0) is 45.3. The molecule has 6 unspecified atom stereocenters. The van der Waals surface area contributed by atoms with Gasteiger partial charge in [-0.2, -0.15) is 10.5 Å². The number of amides is 1. The van der Waals surface area contributed by atoms with E-state index < -0.39 is 10.8 Å². The van der Waals surface area contributed by atoms with Crippen LogP contribution in [0.2, 0.25) is 0 Å². The highest BCUT2D eigenvalue weighted by molar-refractivity contribution is 6.64. The number of hydrogen-bond acceptors (Lipinski definition) is 8. The average molecular weight is 831 g/mol. The molecule has 3 N–H and O–H groups in total. The minimum absolute atomic E-state index is 0.0216. The molecule has 0 radical (unpaired) electrons. The van der Waals surface area contributed by atoms with E-state index in [2.05, 4.69) is 106 Å². The fourth-order valence-electron chi connectivity index (χ4n) is 5.27. The molecule has 0 aliphatic rings. The number of nitrogens with two attached hydrogens (primary N) is 1. The summed E-state index contributed by atoms with van der Waals surface area (Å²) in [6, 6.07) is 4.63. The summed E-state index contributed by atoms with van der Waals surface area (Å²) in [5.74, 6) is 0.688. The summed E-state index contributed by atoms with van der Waals surface area (Å²) in [4.78, 5) is 26.3. The minimum atomic E-state index is -0.590. The second kappa shape index (κ2) is 41.5. The summed E-state index contributed by atoms with van der Waals surface area (Å²) in [6.45, 7) is 38.4. The average Bonchev–Trinajstić information content (AvgIpc) is 3.23. The topological polar surface area (TPSA) is 141 Å². The van der Waals surface area contributed by atoms with Crippen molar-refractivity contribution in [3.63, 3.8) is 0 Å². The Hall–Kier alpha value is -3.63. The van der Waals surface area contributed by atoms with Crippen molar-refractivity contribution >= 4 is 22.8 Å². The van der Waals surface area contributed by atoms with Crippen molar-refractivity contribution in [2.75, 3.05) is 45.9 Å². The highest BCUT2D eigenvalue weighted by Crippen LogP contribution is 2.34. The number of nitrogens with zero attached hydrogens (tertiary/aromatic N) is 3. The molecule has 332 valence electrons. The third-order valence-electron chi connectivity index (χ3n) is 10.2. The van der Waals surface area contributed by atoms with E-state index >= 15 is 0 Å². The first-order chi connectivity index (χ1) is 27.6. The molecule has 0 rings (SSSR count). The van der Waals surface area contributed by atoms with Crippen LogP contribution in [0.25, 0.3) is 0 Å². The van der Waals surface area contributed by atoms with Gasteiger partial charge in [-0.15, -0.1) is 13.2 Å². The first-order valence-electron chi connectivity index (χ1n) is 21.3. The number of carbonyl (C=O) groups excluding carboxylic acids is 2. The zero-order valence-electron chi connectivity index (χ0n) is 38.2. The van der Waals surface area contributed by atoms with Gasteiger partial charge in [0, 0.05) is 17.4 Å². The van der Waals surface area contributed by atoms with Gasteiger partial charge in [-0.05, 0) is 107 Å². The lowest BCUT2D eigenvalue weighted by atomic mass is 9.77. The van der Waals surface area contributed by atoms with Gasteiger partial charge < -0.3 is 25.4 Å². The van der Waals surface area contributed by atoms with E-state index in [1.807, 2.05) is 45.9 Å². The predicted molar refractivity (Wildman–Crippen MR) is 248 cm³/mol. The molecule has 58 heavy (non-hydrogen) atoms. The molecule has 0 aromatic carbocycles. The van der Waals surface area contributed by atoms with Gasteiger partial charge >= 0.3 is 0 Å². The van der Waals surface area contributed by atoms with Gasteiger partial charge in [0.25, 0.3) is 0 Å². The van der Waals surface area contributed by atoms with Crippen molar-refractivity contribution < 1.29 is 19.1 Å². The Morgan fingerprint density at radius 1 is 0.759 bits per heavy atom. The minimum Gasteiger partial charge on any atom is -0.500 e. The SMILES string of the molecule is C=CC(C)CCC=CCC(C#N)CC(C)(CC)C(=O)Cl.C=COCCN.C=COCCNC(=O)C(C)(CC)CC(C#N)CC=CCCC(C)C=C.CCN(CC)CC. The maximum atomic E-state index is 12.5. The Bertz CT molecular complexity index is 1220. The van der Waals surface area contributed by atoms with Crippen LogP contribution in [0.15, 0.2) is 75.3 Å². The predicted octanol–water partition coefficient (Wildman–Crippen LogP) is 11.5. The monoisotopic (exact) mass is 830 g/mol. The smallest absolute Gasteiger partial charge is 0.227 e. The van der Waals surface area contributed by atoms with Crippen molar-refractivity contribution in [1.29, 1.82) is 10.5 Å². The summed E-state index contributed by atoms with van der Waals surface area (Å²) >= 11 is 5.65. The van der Waals surface area contributed by atoms with Gasteiger partial charge in [-0.1, -0.05) is 112 Å². The molecule has 0 aliphatic carbocycles. The van der Waals surface area contributed by atoms with Crippen LogP contribution in [-0.4, -0.2) is 62.0 Å². The van der Waals surface area contributed by atoms with Gasteiger partial charge in [-0.3, -0.25) is 9.59 Å². The molecule has 0 saturated heterocycles. The number of halogens is 1. The number of rotatable bonds is 30. The van der Waals surface area contributed by atoms with Crippen LogP contribution < -0.4 is 11.1 Å². The standard InChI is InChI=1S/C21H34N2O2.C17H26ClNO.C6H15N.C4H9NO/c1-6-18(4)12-10-9-11-13-19(17-22)16-21(5,7-2)20(24)23-14-15-25-8-3;1-5-14(3)10-8-7-9-11-15(13-19)12-17(4,6-2)16(18)20;1-4-7(5-2)6-3;1-2-6-4-3-5/h6,8-9,11,18-19H,1,3,7,10,12-16H2,2,4-5H3,(H,23,24);5,7,9,14-15H,1,6,8,10-12H2,2-4H3;4-6H2,1-3H3;2H,1,3-5H2. The molecule has 6 atom stereocenters. The maximum Gasteiger partial charge on any atom is 0.227 e. The molecule has 0 heterocycles. The van der Waals surface area contributed by atoms with Gasteiger partial charge in [0.05, 0.1) is 49.7 Å². The Morgan fingerprint density at radius 3 is 1.47 bits per heavy atom. The molecule has 0 aromatic heterocycles. The quantitative estimate of drug-likeness (QED) is 0.0315. The Morgan fingerprint density at radius 2 is 1.17 bits per heavy atom. The van der Waals surface area contributed by atoms with Crippen LogP contribution in [0, 0.1) is 57.2 Å². The summed E-state index contributed by atoms with van der Waals surface area (Å²) in [5.41, 5.74) is 3.91. The van der Waals surface area contributed by atoms with E-state index in [1.165, 1.54) is 32.2 Å². The van der Waals surface area contributed by atoms with Crippen molar-refractivity contribution in [1.82, 2.24) is 10.2 Å². The lowest BCUT2D eigenvalue weighted by Crippen LogP contribution is -2.41. The highest BCUT2D eigenvalue weighted by Gasteiger charge is 2.34. The van der Waals surface area contributed by atoms with Crippen LogP contribution in [-0.2, 0) is 19.1 Å². The normalized spacial score (nSPS) is 14.7. The maximum absolute atomic E-state index is 12.5. The highest BCUT2D eigenvalue weighted by atomic mass is 35.5. The number of hydrogen-bond donors (Lipinski definition) is 2. The first-order valence-corrected chi connectivity index (χ1v) is 21.7. The molecule has 1 amide bonds. The fourth-order valence-corrected chi connectivity index (χ4v) is 5.48. The fraction of sp³-hybridized carbons (Fsp3) is 0.667. The third-order valence-corrected chi connectivity index (χ3v) is 10.7. The van der Waals surface area contributed by atoms with Gasteiger partial charge in [-0.25, -0.2) is 0 Å². The molecule has 10 heteroatoms. The lowest BCUT2D eigenvalue weighted by Gasteiger charge is -2.28. The van der Waals surface area contributed by atoms with Gasteiger partial charge in [0.15, 0.2) is 0 Å². The van der Waals surface area contributed by atoms with Crippen molar-refractivity contribution in [3.05, 3.63) is 75.3 Å². The van der Waals surface area contributed by atoms with E-state index in [0.717, 1.165) is 25.7 Å². The molecular formula is C48H84ClN5O4. The lowest BCUT2D eigenvalue weighted by molar-refractivity contribution is -0.131. The van der Waals surface area contributed by atoms with Crippen molar-refractivity contribution in [3.8, 4) is 12.1 Å². The van der Waals surface area contributed by atoms with Crippen LogP contribution >= 0.6 is 11.6 Å². The summed E-state index contributed by atoms with van der Waals surface area (Å²) in [6.07, 6.45) is 22.9. The largest absolute Gasteiger partial charge is 0.500 e. The van der Waals surface area contributed by atoms with E-state index in [1.54, 1.807) is 0 Å². The van der Waals surface area contributed by atoms with Crippen LogP contribution in [0.3, 0.4) is 0 Å². The number of nitrogens with one attached hydrogen (secondary N) is 1. The Balaban J connectivity index is -0.000000389. The number of carbonyl (C=O) groups is 2. The second-order valence-corrected chi connectivity index (χ2v) is 15.2. The van der Waals surface area contributed by atoms with Gasteiger partial charge in [0.1, 0.15) is 6.61 Å². The first kappa shape index (κ1) is 61.0. The van der Waals surface area contributed by atoms with E-state index in [9.17, 15) is 20.1 Å². The second-order valence-electron chi connectivity index (χ2n) is 14.9. The van der Waals surface area contributed by atoms with Gasteiger partial charge in [0.2, 0.25) is 11.1 Å². The molecule has 0 spiro atoms. The van der Waals surface area contributed by atoms with Crippen molar-refractivity contribution in [2.45, 2.75) is 127 Å². The van der Waals surface area contributed by atoms with E-state index in [0.29, 0.717) is 76.7 Å². The third kappa shape index (κ3) is 34.4. The number of nitriles is 2. The Kier molecular flexibility index (Phi) is 43.7. The summed E-state index contributed by atoms with van der Waals surface area (Å²) in [7, 11) is 0. The number of ether oxygens (including phenoxy) is 2. The summed E-state index contributed by atoms with van der Waals surface area (Å²) < 4.78 is 9.64. The molecule has 9 nitrogen and oxygen atoms in total. The summed E-state index contributed by atoms with van der Waals surface area (Å²) in [5, 5.41) is 21.2. The molecule has 0 bridgehead atoms. The number of allylic oxidation sites excluding steroid dienone is 6. The molecule has 0 aliphatic heterocycles. The van der Waals surface area contributed by atoms with Crippen molar-refractivity contribution in [2.24, 2.45) is 40.2 Å². The van der Waals surface area contributed by atoms with Crippen LogP contribution in [0.1, 0.15) is 127 Å². The molecule has 0 fully saturated rings. The zero-order valence-corrected chi connectivity index (χ0v) is 39.0. The Labute approximate surface area is 361 Å².